The second-order valence-corrected chi connectivity index (χ2v) is 7.06. The standard InChI is InChI=1S/C16H21N3O2S/c1-3-5-10(2)18-13(20)8-19-9-17-15-14(16(19)21)11-6-4-7-12(11)22-15/h9-10H,3-8H2,1-2H3,(H,18,20)/t10-/m0/s1. The van der Waals surface area contributed by atoms with Gasteiger partial charge in [0.25, 0.3) is 5.56 Å². The van der Waals surface area contributed by atoms with Crippen molar-refractivity contribution in [2.24, 2.45) is 0 Å². The van der Waals surface area contributed by atoms with Gasteiger partial charge in [0.1, 0.15) is 11.4 Å². The third kappa shape index (κ3) is 2.79. The highest BCUT2D eigenvalue weighted by Crippen LogP contribution is 2.34. The molecular formula is C16H21N3O2S. The quantitative estimate of drug-likeness (QED) is 0.919. The fourth-order valence-corrected chi connectivity index (χ4v) is 4.33. The predicted molar refractivity (Wildman–Crippen MR) is 88.4 cm³/mol. The van der Waals surface area contributed by atoms with Crippen LogP contribution < -0.4 is 10.9 Å². The number of fused-ring (bicyclic) bond motifs is 3. The van der Waals surface area contributed by atoms with Crippen LogP contribution in [-0.4, -0.2) is 21.5 Å². The summed E-state index contributed by atoms with van der Waals surface area (Å²) >= 11 is 1.62. The van der Waals surface area contributed by atoms with Crippen molar-refractivity contribution in [3.63, 3.8) is 0 Å². The minimum Gasteiger partial charge on any atom is -0.352 e. The summed E-state index contributed by atoms with van der Waals surface area (Å²) in [6.07, 6.45) is 6.58. The highest BCUT2D eigenvalue weighted by molar-refractivity contribution is 7.18. The fraction of sp³-hybridized carbons (Fsp3) is 0.562. The molecular weight excluding hydrogens is 298 g/mol. The number of thiophene rings is 1. The van der Waals surface area contributed by atoms with Crippen LogP contribution in [-0.2, 0) is 24.2 Å². The Kier molecular flexibility index (Phi) is 4.29. The van der Waals surface area contributed by atoms with E-state index in [1.807, 2.05) is 6.92 Å². The Morgan fingerprint density at radius 2 is 2.32 bits per heavy atom. The van der Waals surface area contributed by atoms with E-state index in [0.717, 1.165) is 47.9 Å². The average Bonchev–Trinajstić information content (AvgIpc) is 3.02. The minimum absolute atomic E-state index is 0.0421. The molecule has 0 spiro atoms. The second-order valence-electron chi connectivity index (χ2n) is 5.97. The van der Waals surface area contributed by atoms with Gasteiger partial charge < -0.3 is 5.32 Å². The molecule has 0 fully saturated rings. The van der Waals surface area contributed by atoms with Gasteiger partial charge >= 0.3 is 0 Å². The van der Waals surface area contributed by atoms with E-state index in [-0.39, 0.29) is 24.1 Å². The van der Waals surface area contributed by atoms with E-state index in [9.17, 15) is 9.59 Å². The molecule has 0 aliphatic heterocycles. The van der Waals surface area contributed by atoms with Gasteiger partial charge in [-0.3, -0.25) is 14.2 Å². The summed E-state index contributed by atoms with van der Waals surface area (Å²) in [5, 5.41) is 3.66. The molecule has 0 unspecified atom stereocenters. The largest absolute Gasteiger partial charge is 0.352 e. The molecule has 0 aromatic carbocycles. The Labute approximate surface area is 133 Å². The maximum Gasteiger partial charge on any atom is 0.262 e. The molecule has 5 nitrogen and oxygen atoms in total. The topological polar surface area (TPSA) is 64.0 Å². The molecule has 2 aromatic rings. The van der Waals surface area contributed by atoms with E-state index in [1.54, 1.807) is 11.3 Å². The van der Waals surface area contributed by atoms with Crippen LogP contribution in [0.2, 0.25) is 0 Å². The lowest BCUT2D eigenvalue weighted by Crippen LogP contribution is -2.37. The van der Waals surface area contributed by atoms with Crippen molar-refractivity contribution in [3.05, 3.63) is 27.1 Å². The van der Waals surface area contributed by atoms with Crippen molar-refractivity contribution in [2.75, 3.05) is 0 Å². The van der Waals surface area contributed by atoms with Gasteiger partial charge in [0, 0.05) is 10.9 Å². The monoisotopic (exact) mass is 319 g/mol. The first kappa shape index (κ1) is 15.2. The SMILES string of the molecule is CCC[C@H](C)NC(=O)Cn1cnc2sc3c(c2c1=O)CCC3. The summed E-state index contributed by atoms with van der Waals surface area (Å²) in [5.41, 5.74) is 1.08. The van der Waals surface area contributed by atoms with Gasteiger partial charge in [-0.25, -0.2) is 4.98 Å². The molecule has 1 aliphatic carbocycles. The molecule has 2 aromatic heterocycles. The number of amides is 1. The fourth-order valence-electron chi connectivity index (χ4n) is 3.11. The van der Waals surface area contributed by atoms with Gasteiger partial charge in [-0.1, -0.05) is 13.3 Å². The van der Waals surface area contributed by atoms with Crippen molar-refractivity contribution < 1.29 is 4.79 Å². The molecule has 1 amide bonds. The molecule has 0 saturated heterocycles. The first-order chi connectivity index (χ1) is 10.6. The highest BCUT2D eigenvalue weighted by Gasteiger charge is 2.21. The lowest BCUT2D eigenvalue weighted by atomic mass is 10.2. The second kappa shape index (κ2) is 6.20. The summed E-state index contributed by atoms with van der Waals surface area (Å²) in [6, 6.07) is 0.135. The predicted octanol–water partition coefficient (Wildman–Crippen LogP) is 2.25. The van der Waals surface area contributed by atoms with Gasteiger partial charge in [-0.15, -0.1) is 11.3 Å². The molecule has 22 heavy (non-hydrogen) atoms. The van der Waals surface area contributed by atoms with Gasteiger partial charge in [-0.05, 0) is 38.2 Å². The number of aryl methyl sites for hydroxylation is 2. The zero-order chi connectivity index (χ0) is 15.7. The number of hydrogen-bond acceptors (Lipinski definition) is 4. The number of carbonyl (C=O) groups excluding carboxylic acids is 1. The normalized spacial score (nSPS) is 15.0. The van der Waals surface area contributed by atoms with Gasteiger partial charge in [-0.2, -0.15) is 0 Å². The average molecular weight is 319 g/mol. The third-order valence-electron chi connectivity index (χ3n) is 4.13. The minimum atomic E-state index is -0.129. The third-order valence-corrected chi connectivity index (χ3v) is 5.33. The van der Waals surface area contributed by atoms with Crippen molar-refractivity contribution >= 4 is 27.5 Å². The van der Waals surface area contributed by atoms with Crippen LogP contribution in [0.5, 0.6) is 0 Å². The smallest absolute Gasteiger partial charge is 0.262 e. The molecule has 118 valence electrons. The Balaban J connectivity index is 1.84. The molecule has 1 atom stereocenters. The van der Waals surface area contributed by atoms with E-state index in [4.69, 9.17) is 0 Å². The number of hydrogen-bond donors (Lipinski definition) is 1. The maximum atomic E-state index is 12.6. The molecule has 2 heterocycles. The van der Waals surface area contributed by atoms with Crippen LogP contribution in [0.15, 0.2) is 11.1 Å². The Morgan fingerprint density at radius 3 is 3.09 bits per heavy atom. The van der Waals surface area contributed by atoms with E-state index < -0.39 is 0 Å². The zero-order valence-corrected chi connectivity index (χ0v) is 13.8. The van der Waals surface area contributed by atoms with Crippen LogP contribution in [0.4, 0.5) is 0 Å². The van der Waals surface area contributed by atoms with Crippen molar-refractivity contribution in [1.29, 1.82) is 0 Å². The molecule has 0 saturated carbocycles. The van der Waals surface area contributed by atoms with Gasteiger partial charge in [0.15, 0.2) is 0 Å². The van der Waals surface area contributed by atoms with E-state index >= 15 is 0 Å². The van der Waals surface area contributed by atoms with Crippen LogP contribution >= 0.6 is 11.3 Å². The molecule has 0 radical (unpaired) electrons. The first-order valence-corrected chi connectivity index (χ1v) is 8.70. The van der Waals surface area contributed by atoms with Crippen molar-refractivity contribution in [3.8, 4) is 0 Å². The summed E-state index contributed by atoms with van der Waals surface area (Å²) in [6.45, 7) is 4.11. The lowest BCUT2D eigenvalue weighted by Gasteiger charge is -2.13. The first-order valence-electron chi connectivity index (χ1n) is 7.89. The number of nitrogens with zero attached hydrogens (tertiary/aromatic N) is 2. The van der Waals surface area contributed by atoms with Crippen LogP contribution in [0.3, 0.4) is 0 Å². The summed E-state index contributed by atoms with van der Waals surface area (Å²) < 4.78 is 1.43. The van der Waals surface area contributed by atoms with E-state index in [0.29, 0.717) is 0 Å². The van der Waals surface area contributed by atoms with Gasteiger partial charge in [0.2, 0.25) is 5.91 Å². The Hall–Kier alpha value is -1.69. The zero-order valence-electron chi connectivity index (χ0n) is 13.0. The summed E-state index contributed by atoms with van der Waals surface area (Å²) in [7, 11) is 0. The molecule has 1 aliphatic rings. The van der Waals surface area contributed by atoms with Crippen LogP contribution in [0, 0.1) is 0 Å². The van der Waals surface area contributed by atoms with Gasteiger partial charge in [0.05, 0.1) is 11.7 Å². The number of aromatic nitrogens is 2. The van der Waals surface area contributed by atoms with E-state index in [2.05, 4.69) is 17.2 Å². The number of nitrogens with one attached hydrogen (secondary N) is 1. The lowest BCUT2D eigenvalue weighted by molar-refractivity contribution is -0.122. The maximum absolute atomic E-state index is 12.6. The number of carbonyl (C=O) groups is 1. The van der Waals surface area contributed by atoms with Crippen molar-refractivity contribution in [2.45, 2.75) is 58.5 Å². The molecule has 0 bridgehead atoms. The highest BCUT2D eigenvalue weighted by atomic mass is 32.1. The molecule has 3 rings (SSSR count). The molecule has 6 heteroatoms. The summed E-state index contributed by atoms with van der Waals surface area (Å²) in [4.78, 5) is 31.2. The van der Waals surface area contributed by atoms with Crippen LogP contribution in [0.25, 0.3) is 10.2 Å². The Morgan fingerprint density at radius 1 is 1.50 bits per heavy atom. The summed E-state index contributed by atoms with van der Waals surface area (Å²) in [5.74, 6) is -0.129. The van der Waals surface area contributed by atoms with Crippen molar-refractivity contribution in [1.82, 2.24) is 14.9 Å². The van der Waals surface area contributed by atoms with E-state index in [1.165, 1.54) is 15.8 Å². The molecule has 1 N–H and O–H groups in total. The number of rotatable bonds is 5. The van der Waals surface area contributed by atoms with Crippen LogP contribution in [0.1, 0.15) is 43.6 Å². The Bertz CT molecular complexity index is 763.